The van der Waals surface area contributed by atoms with E-state index in [1.165, 1.54) is 0 Å². The van der Waals surface area contributed by atoms with E-state index in [1.807, 2.05) is 13.0 Å². The van der Waals surface area contributed by atoms with Crippen LogP contribution >= 0.6 is 0 Å². The van der Waals surface area contributed by atoms with Gasteiger partial charge in [0.05, 0.1) is 20.3 Å². The first-order valence-corrected chi connectivity index (χ1v) is 8.99. The Morgan fingerprint density at radius 1 is 1.15 bits per heavy atom. The Bertz CT molecular complexity index is 782. The number of aryl methyl sites for hydroxylation is 1. The minimum Gasteiger partial charge on any atom is -0.493 e. The SMILES string of the molecule is COc1cc(C)c(NC(=O)c2ccc(OC[C@H]3CCCO3)cc2)cc1OC. The number of methoxy groups -OCH3 is 2. The van der Waals surface area contributed by atoms with Gasteiger partial charge in [-0.15, -0.1) is 0 Å². The van der Waals surface area contributed by atoms with E-state index in [4.69, 9.17) is 18.9 Å². The fraction of sp³-hybridized carbons (Fsp3) is 0.381. The average molecular weight is 371 g/mol. The van der Waals surface area contributed by atoms with E-state index in [0.29, 0.717) is 29.4 Å². The molecule has 0 bridgehead atoms. The Kier molecular flexibility index (Phi) is 6.19. The van der Waals surface area contributed by atoms with Gasteiger partial charge in [0.2, 0.25) is 0 Å². The number of amides is 1. The molecular formula is C21H25NO5. The van der Waals surface area contributed by atoms with E-state index < -0.39 is 0 Å². The molecule has 1 saturated heterocycles. The van der Waals surface area contributed by atoms with Crippen molar-refractivity contribution in [1.29, 1.82) is 0 Å². The van der Waals surface area contributed by atoms with Crippen LogP contribution in [-0.4, -0.2) is 39.4 Å². The van der Waals surface area contributed by atoms with E-state index >= 15 is 0 Å². The molecule has 27 heavy (non-hydrogen) atoms. The highest BCUT2D eigenvalue weighted by Crippen LogP contribution is 2.33. The van der Waals surface area contributed by atoms with Gasteiger partial charge < -0.3 is 24.3 Å². The van der Waals surface area contributed by atoms with Crippen molar-refractivity contribution in [3.63, 3.8) is 0 Å². The number of anilines is 1. The third-order valence-electron chi connectivity index (χ3n) is 4.56. The standard InChI is InChI=1S/C21H25NO5/c1-14-11-19(24-2)20(25-3)12-18(14)22-21(23)15-6-8-16(9-7-15)27-13-17-5-4-10-26-17/h6-9,11-12,17H,4-5,10,13H2,1-3H3,(H,22,23)/t17-/m1/s1. The Morgan fingerprint density at radius 2 is 1.85 bits per heavy atom. The highest BCUT2D eigenvalue weighted by atomic mass is 16.5. The lowest BCUT2D eigenvalue weighted by Gasteiger charge is -2.14. The lowest BCUT2D eigenvalue weighted by atomic mass is 10.1. The van der Waals surface area contributed by atoms with Crippen LogP contribution in [0.25, 0.3) is 0 Å². The fourth-order valence-corrected chi connectivity index (χ4v) is 2.98. The van der Waals surface area contributed by atoms with Crippen LogP contribution in [-0.2, 0) is 4.74 Å². The summed E-state index contributed by atoms with van der Waals surface area (Å²) in [4.78, 5) is 12.6. The summed E-state index contributed by atoms with van der Waals surface area (Å²) in [6, 6.07) is 10.7. The molecule has 1 N–H and O–H groups in total. The molecule has 1 fully saturated rings. The van der Waals surface area contributed by atoms with E-state index in [1.54, 1.807) is 44.6 Å². The lowest BCUT2D eigenvalue weighted by molar-refractivity contribution is 0.0679. The molecular weight excluding hydrogens is 346 g/mol. The summed E-state index contributed by atoms with van der Waals surface area (Å²) >= 11 is 0. The molecule has 0 saturated carbocycles. The van der Waals surface area contributed by atoms with Crippen molar-refractivity contribution in [2.75, 3.05) is 32.8 Å². The van der Waals surface area contributed by atoms with Gasteiger partial charge in [-0.05, 0) is 55.7 Å². The Labute approximate surface area is 159 Å². The lowest BCUT2D eigenvalue weighted by Crippen LogP contribution is -2.16. The quantitative estimate of drug-likeness (QED) is 0.801. The molecule has 0 unspecified atom stereocenters. The maximum atomic E-state index is 12.6. The monoisotopic (exact) mass is 371 g/mol. The van der Waals surface area contributed by atoms with Crippen molar-refractivity contribution >= 4 is 11.6 Å². The normalized spacial score (nSPS) is 16.0. The number of hydrogen-bond acceptors (Lipinski definition) is 5. The highest BCUT2D eigenvalue weighted by molar-refractivity contribution is 6.04. The number of carbonyl (C=O) groups is 1. The first-order valence-electron chi connectivity index (χ1n) is 8.99. The van der Waals surface area contributed by atoms with Crippen LogP contribution in [0, 0.1) is 6.92 Å². The van der Waals surface area contributed by atoms with Crippen LogP contribution in [0.5, 0.6) is 17.2 Å². The van der Waals surface area contributed by atoms with Crippen molar-refractivity contribution < 1.29 is 23.7 Å². The third-order valence-corrected chi connectivity index (χ3v) is 4.56. The molecule has 6 heteroatoms. The summed E-state index contributed by atoms with van der Waals surface area (Å²) in [5, 5.41) is 2.91. The van der Waals surface area contributed by atoms with Crippen LogP contribution < -0.4 is 19.5 Å². The molecule has 2 aromatic rings. The highest BCUT2D eigenvalue weighted by Gasteiger charge is 2.16. The smallest absolute Gasteiger partial charge is 0.255 e. The van der Waals surface area contributed by atoms with E-state index in [-0.39, 0.29) is 12.0 Å². The molecule has 144 valence electrons. The second kappa shape index (κ2) is 8.77. The Hall–Kier alpha value is -2.73. The van der Waals surface area contributed by atoms with E-state index in [9.17, 15) is 4.79 Å². The zero-order valence-electron chi connectivity index (χ0n) is 15.9. The Morgan fingerprint density at radius 3 is 2.48 bits per heavy atom. The van der Waals surface area contributed by atoms with Gasteiger partial charge in [0, 0.05) is 23.9 Å². The summed E-state index contributed by atoms with van der Waals surface area (Å²) in [7, 11) is 3.14. The van der Waals surface area contributed by atoms with Crippen LogP contribution in [0.3, 0.4) is 0 Å². The largest absolute Gasteiger partial charge is 0.493 e. The molecule has 1 atom stereocenters. The molecule has 6 nitrogen and oxygen atoms in total. The van der Waals surface area contributed by atoms with E-state index in [2.05, 4.69) is 5.32 Å². The van der Waals surface area contributed by atoms with Crippen LogP contribution in [0.1, 0.15) is 28.8 Å². The topological polar surface area (TPSA) is 66.0 Å². The third kappa shape index (κ3) is 4.71. The second-order valence-electron chi connectivity index (χ2n) is 6.45. The Balaban J connectivity index is 1.64. The summed E-state index contributed by atoms with van der Waals surface area (Å²) in [5.41, 5.74) is 2.11. The predicted octanol–water partition coefficient (Wildman–Crippen LogP) is 3.82. The van der Waals surface area contributed by atoms with Crippen molar-refractivity contribution in [1.82, 2.24) is 0 Å². The molecule has 0 radical (unpaired) electrons. The molecule has 0 aliphatic carbocycles. The van der Waals surface area contributed by atoms with Crippen molar-refractivity contribution in [3.05, 3.63) is 47.5 Å². The summed E-state index contributed by atoms with van der Waals surface area (Å²) in [6.45, 7) is 3.25. The molecule has 0 spiro atoms. The molecule has 1 heterocycles. The molecule has 2 aromatic carbocycles. The van der Waals surface area contributed by atoms with Crippen LogP contribution in [0.4, 0.5) is 5.69 Å². The number of rotatable bonds is 7. The zero-order valence-corrected chi connectivity index (χ0v) is 15.9. The van der Waals surface area contributed by atoms with Gasteiger partial charge in [-0.3, -0.25) is 4.79 Å². The molecule has 0 aromatic heterocycles. The number of benzene rings is 2. The summed E-state index contributed by atoms with van der Waals surface area (Å²) in [6.07, 6.45) is 2.29. The van der Waals surface area contributed by atoms with E-state index in [0.717, 1.165) is 30.8 Å². The summed E-state index contributed by atoms with van der Waals surface area (Å²) in [5.74, 6) is 1.72. The number of hydrogen-bond donors (Lipinski definition) is 1. The van der Waals surface area contributed by atoms with Crippen molar-refractivity contribution in [2.24, 2.45) is 0 Å². The van der Waals surface area contributed by atoms with Crippen molar-refractivity contribution in [3.8, 4) is 17.2 Å². The minimum atomic E-state index is -0.198. The van der Waals surface area contributed by atoms with Crippen molar-refractivity contribution in [2.45, 2.75) is 25.9 Å². The van der Waals surface area contributed by atoms with Crippen LogP contribution in [0.2, 0.25) is 0 Å². The van der Waals surface area contributed by atoms with Gasteiger partial charge in [-0.1, -0.05) is 0 Å². The second-order valence-corrected chi connectivity index (χ2v) is 6.45. The molecule has 1 aliphatic heterocycles. The molecule has 3 rings (SSSR count). The fourth-order valence-electron chi connectivity index (χ4n) is 2.98. The van der Waals surface area contributed by atoms with Gasteiger partial charge in [-0.2, -0.15) is 0 Å². The average Bonchev–Trinajstić information content (AvgIpc) is 3.21. The number of nitrogens with one attached hydrogen (secondary N) is 1. The summed E-state index contributed by atoms with van der Waals surface area (Å²) < 4.78 is 21.8. The molecule has 1 aliphatic rings. The number of carbonyl (C=O) groups excluding carboxylic acids is 1. The van der Waals surface area contributed by atoms with Crippen LogP contribution in [0.15, 0.2) is 36.4 Å². The van der Waals surface area contributed by atoms with Gasteiger partial charge in [0.1, 0.15) is 12.4 Å². The van der Waals surface area contributed by atoms with Gasteiger partial charge in [0.15, 0.2) is 11.5 Å². The maximum Gasteiger partial charge on any atom is 0.255 e. The van der Waals surface area contributed by atoms with Gasteiger partial charge in [-0.25, -0.2) is 0 Å². The predicted molar refractivity (Wildman–Crippen MR) is 103 cm³/mol. The minimum absolute atomic E-state index is 0.168. The first kappa shape index (κ1) is 19.0. The number of ether oxygens (including phenoxy) is 4. The maximum absolute atomic E-state index is 12.6. The molecule has 1 amide bonds. The zero-order chi connectivity index (χ0) is 19.2. The van der Waals surface area contributed by atoms with Gasteiger partial charge >= 0.3 is 0 Å². The van der Waals surface area contributed by atoms with Gasteiger partial charge in [0.25, 0.3) is 5.91 Å². The first-order chi connectivity index (χ1) is 13.1.